The molecule has 0 spiro atoms. The summed E-state index contributed by atoms with van der Waals surface area (Å²) >= 11 is 1.16. The lowest BCUT2D eigenvalue weighted by atomic mass is 10.2. The number of para-hydroxylation sites is 2. The lowest BCUT2D eigenvalue weighted by Crippen LogP contribution is -2.25. The molecule has 0 radical (unpaired) electrons. The monoisotopic (exact) mass is 430 g/mol. The largest absolute Gasteiger partial charge is 0.489 e. The highest BCUT2D eigenvalue weighted by atomic mass is 32.2. The van der Waals surface area contributed by atoms with Crippen LogP contribution in [-0.4, -0.2) is 27.5 Å². The molecule has 2 aromatic carbocycles. The van der Waals surface area contributed by atoms with Crippen molar-refractivity contribution in [3.8, 4) is 5.75 Å². The third-order valence-corrected chi connectivity index (χ3v) is 7.26. The quantitative estimate of drug-likeness (QED) is 0.594. The molecule has 0 atom stereocenters. The highest BCUT2D eigenvalue weighted by Crippen LogP contribution is 2.27. The lowest BCUT2D eigenvalue weighted by molar-refractivity contribution is 0.102. The van der Waals surface area contributed by atoms with Crippen LogP contribution in [0.15, 0.2) is 70.3 Å². The molecular formula is C21H22N2O4S2. The maximum absolute atomic E-state index is 12.6. The normalized spacial score (nSPS) is 11.3. The van der Waals surface area contributed by atoms with Crippen LogP contribution in [-0.2, 0) is 10.0 Å². The fourth-order valence-corrected chi connectivity index (χ4v) is 4.98. The zero-order chi connectivity index (χ0) is 21.0. The third kappa shape index (κ3) is 4.78. The van der Waals surface area contributed by atoms with E-state index < -0.39 is 10.0 Å². The first-order valence-corrected chi connectivity index (χ1v) is 11.3. The minimum absolute atomic E-state index is 0.0202. The van der Waals surface area contributed by atoms with Gasteiger partial charge in [-0.2, -0.15) is 0 Å². The fraction of sp³-hybridized carbons (Fsp3) is 0.190. The molecule has 1 heterocycles. The Morgan fingerprint density at radius 3 is 2.34 bits per heavy atom. The predicted molar refractivity (Wildman–Crippen MR) is 117 cm³/mol. The second-order valence-electron chi connectivity index (χ2n) is 6.57. The maximum Gasteiger partial charge on any atom is 0.273 e. The van der Waals surface area contributed by atoms with Crippen LogP contribution in [0.4, 0.5) is 11.4 Å². The molecule has 0 saturated heterocycles. The van der Waals surface area contributed by atoms with E-state index in [1.807, 2.05) is 26.0 Å². The first-order valence-electron chi connectivity index (χ1n) is 8.98. The summed E-state index contributed by atoms with van der Waals surface area (Å²) in [7, 11) is -2.12. The van der Waals surface area contributed by atoms with Crippen LogP contribution in [0.25, 0.3) is 0 Å². The third-order valence-electron chi connectivity index (χ3n) is 4.10. The fourth-order valence-electron chi connectivity index (χ4n) is 2.63. The van der Waals surface area contributed by atoms with E-state index in [2.05, 4.69) is 5.32 Å². The molecule has 0 aliphatic rings. The van der Waals surface area contributed by atoms with Crippen LogP contribution in [0.3, 0.4) is 0 Å². The van der Waals surface area contributed by atoms with Crippen molar-refractivity contribution in [2.75, 3.05) is 16.7 Å². The summed E-state index contributed by atoms with van der Waals surface area (Å²) in [4.78, 5) is 12.6. The summed E-state index contributed by atoms with van der Waals surface area (Å²) in [6, 6.07) is 16.9. The van der Waals surface area contributed by atoms with Gasteiger partial charge in [-0.15, -0.1) is 11.3 Å². The van der Waals surface area contributed by atoms with Crippen molar-refractivity contribution in [1.82, 2.24) is 0 Å². The number of carbonyl (C=O) groups excluding carboxylic acids is 1. The summed E-state index contributed by atoms with van der Waals surface area (Å²) in [6.07, 6.45) is -0.0202. The Labute approximate surface area is 174 Å². The molecule has 1 aromatic heterocycles. The van der Waals surface area contributed by atoms with Gasteiger partial charge in [0.1, 0.15) is 9.96 Å². The number of nitrogens with zero attached hydrogens (tertiary/aromatic N) is 1. The highest BCUT2D eigenvalue weighted by Gasteiger charge is 2.22. The minimum atomic E-state index is -3.61. The molecule has 1 amide bonds. The number of anilines is 2. The SMILES string of the molecule is CC(C)Oc1ccccc1NC(=O)c1ccc(N(C)S(=O)(=O)c2cccs2)cc1. The number of sulfonamides is 1. The molecule has 0 fully saturated rings. The topological polar surface area (TPSA) is 75.7 Å². The van der Waals surface area contributed by atoms with Crippen LogP contribution >= 0.6 is 11.3 Å². The molecule has 0 aliphatic carbocycles. The number of carbonyl (C=O) groups is 1. The molecule has 0 saturated carbocycles. The van der Waals surface area contributed by atoms with E-state index in [9.17, 15) is 13.2 Å². The van der Waals surface area contributed by atoms with E-state index in [0.29, 0.717) is 22.7 Å². The van der Waals surface area contributed by atoms with Gasteiger partial charge in [-0.3, -0.25) is 9.10 Å². The number of nitrogens with one attached hydrogen (secondary N) is 1. The van der Waals surface area contributed by atoms with Crippen molar-refractivity contribution in [3.63, 3.8) is 0 Å². The van der Waals surface area contributed by atoms with Crippen molar-refractivity contribution in [1.29, 1.82) is 0 Å². The smallest absolute Gasteiger partial charge is 0.273 e. The number of thiophene rings is 1. The average molecular weight is 431 g/mol. The molecule has 0 aliphatic heterocycles. The van der Waals surface area contributed by atoms with Crippen molar-refractivity contribution < 1.29 is 17.9 Å². The Balaban J connectivity index is 1.76. The van der Waals surface area contributed by atoms with Crippen molar-refractivity contribution >= 4 is 38.6 Å². The molecule has 1 N–H and O–H groups in total. The molecule has 152 valence electrons. The van der Waals surface area contributed by atoms with Gasteiger partial charge in [0.15, 0.2) is 0 Å². The van der Waals surface area contributed by atoms with Crippen LogP contribution in [0.1, 0.15) is 24.2 Å². The second-order valence-corrected chi connectivity index (χ2v) is 9.71. The van der Waals surface area contributed by atoms with E-state index in [4.69, 9.17) is 4.74 Å². The average Bonchev–Trinajstić information content (AvgIpc) is 3.24. The summed E-state index contributed by atoms with van der Waals surface area (Å²) in [6.45, 7) is 3.83. The number of amides is 1. The van der Waals surface area contributed by atoms with Crippen molar-refractivity contribution in [3.05, 3.63) is 71.6 Å². The molecule has 6 nitrogen and oxygen atoms in total. The second kappa shape index (κ2) is 8.67. The number of hydrogen-bond donors (Lipinski definition) is 1. The summed E-state index contributed by atoms with van der Waals surface area (Å²) in [5, 5.41) is 4.56. The van der Waals surface area contributed by atoms with Gasteiger partial charge in [0.25, 0.3) is 15.9 Å². The van der Waals surface area contributed by atoms with Gasteiger partial charge in [0, 0.05) is 12.6 Å². The van der Waals surface area contributed by atoms with Crippen LogP contribution in [0, 0.1) is 0 Å². The summed E-state index contributed by atoms with van der Waals surface area (Å²) < 4.78 is 32.4. The maximum atomic E-state index is 12.6. The molecule has 0 bridgehead atoms. The van der Waals surface area contributed by atoms with E-state index in [0.717, 1.165) is 11.3 Å². The Bertz CT molecular complexity index is 1080. The lowest BCUT2D eigenvalue weighted by Gasteiger charge is -2.19. The molecule has 3 rings (SSSR count). The number of hydrogen-bond acceptors (Lipinski definition) is 5. The molecule has 29 heavy (non-hydrogen) atoms. The zero-order valence-corrected chi connectivity index (χ0v) is 18.0. The highest BCUT2D eigenvalue weighted by molar-refractivity contribution is 7.94. The van der Waals surface area contributed by atoms with E-state index in [1.54, 1.807) is 53.9 Å². The Morgan fingerprint density at radius 2 is 1.72 bits per heavy atom. The standard InChI is InChI=1S/C21H22N2O4S2/c1-15(2)27-19-8-5-4-7-18(19)22-21(24)16-10-12-17(13-11-16)23(3)29(25,26)20-9-6-14-28-20/h4-15H,1-3H3,(H,22,24). The van der Waals surface area contributed by atoms with E-state index >= 15 is 0 Å². The first-order chi connectivity index (χ1) is 13.8. The Kier molecular flexibility index (Phi) is 6.24. The predicted octanol–water partition coefficient (Wildman–Crippen LogP) is 4.61. The molecule has 3 aromatic rings. The van der Waals surface area contributed by atoms with Gasteiger partial charge in [0.2, 0.25) is 0 Å². The van der Waals surface area contributed by atoms with Crippen molar-refractivity contribution in [2.24, 2.45) is 0 Å². The van der Waals surface area contributed by atoms with Gasteiger partial charge in [-0.25, -0.2) is 8.42 Å². The summed E-state index contributed by atoms with van der Waals surface area (Å²) in [5.41, 5.74) is 1.46. The van der Waals surface area contributed by atoms with Crippen molar-refractivity contribution in [2.45, 2.75) is 24.2 Å². The molecule has 8 heteroatoms. The van der Waals surface area contributed by atoms with E-state index in [1.165, 1.54) is 11.4 Å². The van der Waals surface area contributed by atoms with Crippen LogP contribution in [0.2, 0.25) is 0 Å². The van der Waals surface area contributed by atoms with Crippen LogP contribution < -0.4 is 14.4 Å². The van der Waals surface area contributed by atoms with Gasteiger partial charge in [0.05, 0.1) is 17.5 Å². The molecular weight excluding hydrogens is 408 g/mol. The zero-order valence-electron chi connectivity index (χ0n) is 16.3. The number of benzene rings is 2. The van der Waals surface area contributed by atoms with Gasteiger partial charge in [-0.05, 0) is 61.7 Å². The van der Waals surface area contributed by atoms with Gasteiger partial charge in [-0.1, -0.05) is 18.2 Å². The van der Waals surface area contributed by atoms with Crippen LogP contribution in [0.5, 0.6) is 5.75 Å². The minimum Gasteiger partial charge on any atom is -0.489 e. The summed E-state index contributed by atoms with van der Waals surface area (Å²) in [5.74, 6) is 0.286. The first kappa shape index (κ1) is 20.9. The van der Waals surface area contributed by atoms with E-state index in [-0.39, 0.29) is 16.2 Å². The Hall–Kier alpha value is -2.84. The Morgan fingerprint density at radius 1 is 1.03 bits per heavy atom. The van der Waals surface area contributed by atoms with Gasteiger partial charge < -0.3 is 10.1 Å². The number of rotatable bonds is 7. The molecule has 0 unspecified atom stereocenters. The van der Waals surface area contributed by atoms with Gasteiger partial charge >= 0.3 is 0 Å². The number of ether oxygens (including phenoxy) is 1.